The lowest BCUT2D eigenvalue weighted by molar-refractivity contribution is 0.0772. The zero-order chi connectivity index (χ0) is 14.3. The summed E-state index contributed by atoms with van der Waals surface area (Å²) in [5, 5.41) is 0.366. The number of halogens is 1. The molecule has 0 fully saturated rings. The van der Waals surface area contributed by atoms with Crippen molar-refractivity contribution in [3.63, 3.8) is 0 Å². The Labute approximate surface area is 120 Å². The SMILES string of the molecule is CC1=CCCN(C(=O)c2sc3cccc(F)c3c2N)C1. The number of hydrogen-bond acceptors (Lipinski definition) is 3. The number of amides is 1. The highest BCUT2D eigenvalue weighted by atomic mass is 32.1. The van der Waals surface area contributed by atoms with E-state index < -0.39 is 0 Å². The number of fused-ring (bicyclic) bond motifs is 1. The van der Waals surface area contributed by atoms with Crippen molar-refractivity contribution in [2.75, 3.05) is 18.8 Å². The van der Waals surface area contributed by atoms with Crippen LogP contribution in [0.4, 0.5) is 10.1 Å². The van der Waals surface area contributed by atoms with Crippen molar-refractivity contribution < 1.29 is 9.18 Å². The van der Waals surface area contributed by atoms with Gasteiger partial charge in [-0.15, -0.1) is 11.3 Å². The Balaban J connectivity index is 2.02. The minimum absolute atomic E-state index is 0.101. The summed E-state index contributed by atoms with van der Waals surface area (Å²) in [4.78, 5) is 14.8. The highest BCUT2D eigenvalue weighted by molar-refractivity contribution is 7.21. The molecule has 0 unspecified atom stereocenters. The van der Waals surface area contributed by atoms with Crippen LogP contribution in [-0.2, 0) is 0 Å². The molecule has 0 atom stereocenters. The zero-order valence-electron chi connectivity index (χ0n) is 11.1. The number of nitrogens with zero attached hydrogens (tertiary/aromatic N) is 1. The lowest BCUT2D eigenvalue weighted by Crippen LogP contribution is -2.35. The first-order chi connectivity index (χ1) is 9.58. The Morgan fingerprint density at radius 3 is 2.95 bits per heavy atom. The average Bonchev–Trinajstić information content (AvgIpc) is 2.76. The van der Waals surface area contributed by atoms with E-state index in [-0.39, 0.29) is 17.4 Å². The van der Waals surface area contributed by atoms with Gasteiger partial charge in [0.15, 0.2) is 0 Å². The minimum atomic E-state index is -0.370. The van der Waals surface area contributed by atoms with Gasteiger partial charge in [0.1, 0.15) is 10.7 Å². The molecule has 2 aromatic rings. The fourth-order valence-corrected chi connectivity index (χ4v) is 3.62. The van der Waals surface area contributed by atoms with Crippen LogP contribution in [0.3, 0.4) is 0 Å². The number of carbonyl (C=O) groups excluding carboxylic acids is 1. The van der Waals surface area contributed by atoms with Crippen LogP contribution in [0, 0.1) is 5.82 Å². The maximum atomic E-state index is 13.8. The van der Waals surface area contributed by atoms with Gasteiger partial charge in [0.2, 0.25) is 0 Å². The monoisotopic (exact) mass is 290 g/mol. The van der Waals surface area contributed by atoms with Crippen molar-refractivity contribution >= 4 is 33.0 Å². The van der Waals surface area contributed by atoms with Crippen LogP contribution < -0.4 is 5.73 Å². The topological polar surface area (TPSA) is 46.3 Å². The number of anilines is 1. The van der Waals surface area contributed by atoms with Crippen LogP contribution >= 0.6 is 11.3 Å². The van der Waals surface area contributed by atoms with E-state index in [2.05, 4.69) is 6.08 Å². The van der Waals surface area contributed by atoms with Crippen molar-refractivity contribution in [3.8, 4) is 0 Å². The number of thiophene rings is 1. The van der Waals surface area contributed by atoms with Crippen LogP contribution in [0.5, 0.6) is 0 Å². The highest BCUT2D eigenvalue weighted by Gasteiger charge is 2.24. The summed E-state index contributed by atoms with van der Waals surface area (Å²) in [6.45, 7) is 3.31. The van der Waals surface area contributed by atoms with E-state index >= 15 is 0 Å². The standard InChI is InChI=1S/C15H15FN2OS/c1-9-4-3-7-18(8-9)15(19)14-13(17)12-10(16)5-2-6-11(12)20-14/h2,4-6H,3,7-8,17H2,1H3. The third-order valence-electron chi connectivity index (χ3n) is 3.51. The summed E-state index contributed by atoms with van der Waals surface area (Å²) in [5.41, 5.74) is 7.43. The van der Waals surface area contributed by atoms with Gasteiger partial charge < -0.3 is 10.6 Å². The number of hydrogen-bond donors (Lipinski definition) is 1. The number of carbonyl (C=O) groups is 1. The van der Waals surface area contributed by atoms with E-state index in [9.17, 15) is 9.18 Å². The van der Waals surface area contributed by atoms with E-state index in [1.54, 1.807) is 17.0 Å². The second-order valence-electron chi connectivity index (χ2n) is 5.02. The first-order valence-corrected chi connectivity index (χ1v) is 7.31. The maximum absolute atomic E-state index is 13.8. The van der Waals surface area contributed by atoms with Crippen LogP contribution in [0.25, 0.3) is 10.1 Å². The summed E-state index contributed by atoms with van der Waals surface area (Å²) in [7, 11) is 0. The molecule has 1 amide bonds. The Morgan fingerprint density at radius 2 is 2.25 bits per heavy atom. The first kappa shape index (κ1) is 13.1. The van der Waals surface area contributed by atoms with Gasteiger partial charge in [0.25, 0.3) is 5.91 Å². The van der Waals surface area contributed by atoms with Gasteiger partial charge in [-0.3, -0.25) is 4.79 Å². The third-order valence-corrected chi connectivity index (χ3v) is 4.67. The molecule has 104 valence electrons. The number of benzene rings is 1. The van der Waals surface area contributed by atoms with Crippen LogP contribution in [0.1, 0.15) is 23.0 Å². The molecule has 1 aliphatic heterocycles. The second-order valence-corrected chi connectivity index (χ2v) is 6.08. The summed E-state index contributed by atoms with van der Waals surface area (Å²) in [5.74, 6) is -0.472. The van der Waals surface area contributed by atoms with E-state index in [0.717, 1.165) is 11.1 Å². The van der Waals surface area contributed by atoms with Crippen molar-refractivity contribution in [2.45, 2.75) is 13.3 Å². The molecule has 1 aromatic carbocycles. The van der Waals surface area contributed by atoms with Gasteiger partial charge in [-0.1, -0.05) is 17.7 Å². The predicted molar refractivity (Wildman–Crippen MR) is 80.5 cm³/mol. The Hall–Kier alpha value is -1.88. The van der Waals surface area contributed by atoms with Crippen LogP contribution in [0.15, 0.2) is 29.8 Å². The van der Waals surface area contributed by atoms with Crippen LogP contribution in [0.2, 0.25) is 0 Å². The average molecular weight is 290 g/mol. The molecule has 20 heavy (non-hydrogen) atoms. The molecule has 5 heteroatoms. The lowest BCUT2D eigenvalue weighted by atomic mass is 10.1. The van der Waals surface area contributed by atoms with Crippen LogP contribution in [-0.4, -0.2) is 23.9 Å². The number of nitrogens with two attached hydrogens (primary N) is 1. The van der Waals surface area contributed by atoms with Crippen molar-refractivity contribution in [3.05, 3.63) is 40.5 Å². The van der Waals surface area contributed by atoms with Gasteiger partial charge in [0.05, 0.1) is 11.1 Å². The molecule has 0 bridgehead atoms. The Morgan fingerprint density at radius 1 is 1.45 bits per heavy atom. The smallest absolute Gasteiger partial charge is 0.266 e. The molecular formula is C15H15FN2OS. The van der Waals surface area contributed by atoms with Crippen molar-refractivity contribution in [2.24, 2.45) is 0 Å². The third kappa shape index (κ3) is 2.08. The fourth-order valence-electron chi connectivity index (χ4n) is 2.52. The molecule has 1 aliphatic rings. The van der Waals surface area contributed by atoms with Crippen molar-refractivity contribution in [1.82, 2.24) is 4.90 Å². The molecule has 2 heterocycles. The van der Waals surface area contributed by atoms with E-state index in [0.29, 0.717) is 23.4 Å². The summed E-state index contributed by atoms with van der Waals surface area (Å²) < 4.78 is 14.5. The molecule has 0 saturated carbocycles. The second kappa shape index (κ2) is 4.90. The normalized spacial score (nSPS) is 15.5. The molecule has 0 spiro atoms. The molecule has 0 saturated heterocycles. The largest absolute Gasteiger partial charge is 0.397 e. The quantitative estimate of drug-likeness (QED) is 0.818. The predicted octanol–water partition coefficient (Wildman–Crippen LogP) is 3.41. The number of nitrogen functional groups attached to an aromatic ring is 1. The summed E-state index contributed by atoms with van der Waals surface area (Å²) in [6.07, 6.45) is 2.99. The zero-order valence-corrected chi connectivity index (χ0v) is 12.0. The van der Waals surface area contributed by atoms with Gasteiger partial charge in [-0.05, 0) is 25.5 Å². The molecule has 0 aliphatic carbocycles. The molecule has 2 N–H and O–H groups in total. The highest BCUT2D eigenvalue weighted by Crippen LogP contribution is 2.36. The molecule has 3 rings (SSSR count). The van der Waals surface area contributed by atoms with Gasteiger partial charge >= 0.3 is 0 Å². The maximum Gasteiger partial charge on any atom is 0.266 e. The van der Waals surface area contributed by atoms with E-state index in [1.807, 2.05) is 6.92 Å². The lowest BCUT2D eigenvalue weighted by Gasteiger charge is -2.25. The molecular weight excluding hydrogens is 275 g/mol. The fraction of sp³-hybridized carbons (Fsp3) is 0.267. The summed E-state index contributed by atoms with van der Waals surface area (Å²) >= 11 is 1.27. The van der Waals surface area contributed by atoms with Gasteiger partial charge in [-0.2, -0.15) is 0 Å². The minimum Gasteiger partial charge on any atom is -0.397 e. The molecule has 0 radical (unpaired) electrons. The first-order valence-electron chi connectivity index (χ1n) is 6.49. The van der Waals surface area contributed by atoms with E-state index in [4.69, 9.17) is 5.73 Å². The Bertz CT molecular complexity index is 720. The number of rotatable bonds is 1. The Kier molecular flexibility index (Phi) is 3.22. The van der Waals surface area contributed by atoms with Crippen molar-refractivity contribution in [1.29, 1.82) is 0 Å². The molecule has 1 aromatic heterocycles. The summed E-state index contributed by atoms with van der Waals surface area (Å²) in [6, 6.07) is 4.79. The van der Waals surface area contributed by atoms with Gasteiger partial charge in [0, 0.05) is 17.8 Å². The molecule has 3 nitrogen and oxygen atoms in total. The van der Waals surface area contributed by atoms with E-state index in [1.165, 1.54) is 23.0 Å². The van der Waals surface area contributed by atoms with Gasteiger partial charge in [-0.25, -0.2) is 4.39 Å².